The molecule has 0 radical (unpaired) electrons. The first-order valence-electron chi connectivity index (χ1n) is 4.19. The zero-order valence-corrected chi connectivity index (χ0v) is 9.26. The maximum Gasteiger partial charge on any atom is 0.432 e. The molecule has 0 aliphatic rings. The molecule has 0 heterocycles. The van der Waals surface area contributed by atoms with Crippen molar-refractivity contribution in [3.05, 3.63) is 0 Å². The normalized spacial score (nSPS) is 10.1. The predicted molar refractivity (Wildman–Crippen MR) is 58.3 cm³/mol. The largest absolute Gasteiger partial charge is 0.432 e. The monoisotopic (exact) mass is 192 g/mol. The van der Waals surface area contributed by atoms with Crippen LogP contribution in [0.5, 0.6) is 0 Å². The Kier molecular flexibility index (Phi) is 9.40. The van der Waals surface area contributed by atoms with Crippen molar-refractivity contribution in [2.75, 3.05) is 18.1 Å². The summed E-state index contributed by atoms with van der Waals surface area (Å²) < 4.78 is 5.60. The molecule has 0 aliphatic carbocycles. The van der Waals surface area contributed by atoms with Gasteiger partial charge in [-0.25, -0.2) is 0 Å². The molecule has 1 nitrogen and oxygen atoms in total. The third-order valence-electron chi connectivity index (χ3n) is 1.06. The van der Waals surface area contributed by atoms with Crippen LogP contribution in [0.2, 0.25) is 0 Å². The van der Waals surface area contributed by atoms with Crippen LogP contribution in [-0.4, -0.2) is 23.6 Å². The number of hydrogen-bond acceptors (Lipinski definition) is 3. The number of rotatable bonds is 7. The van der Waals surface area contributed by atoms with Gasteiger partial charge >= 0.3 is 5.47 Å². The zero-order chi connectivity index (χ0) is 8.53. The molecule has 0 unspecified atom stereocenters. The molecule has 0 saturated carbocycles. The third-order valence-corrected chi connectivity index (χ3v) is 3.36. The molecule has 0 aromatic heterocycles. The van der Waals surface area contributed by atoms with Crippen molar-refractivity contribution in [3.8, 4) is 0 Å². The zero-order valence-electron chi connectivity index (χ0n) is 7.63. The van der Waals surface area contributed by atoms with E-state index in [4.69, 9.17) is 4.65 Å². The lowest BCUT2D eigenvalue weighted by molar-refractivity contribution is 0.342. The smallest absolute Gasteiger partial charge is 0.417 e. The summed E-state index contributed by atoms with van der Waals surface area (Å²) in [5.74, 6) is 2.28. The van der Waals surface area contributed by atoms with Gasteiger partial charge in [-0.2, -0.15) is 23.2 Å². The van der Waals surface area contributed by atoms with E-state index in [-0.39, 0.29) is 0 Å². The van der Waals surface area contributed by atoms with Crippen molar-refractivity contribution in [2.24, 2.45) is 0 Å². The number of hydrogen-bond donors (Lipinski definition) is 0. The summed E-state index contributed by atoms with van der Waals surface area (Å²) in [6.45, 7) is 7.38. The SMILES string of the molecule is CCCOB(SCC)SCC. The van der Waals surface area contributed by atoms with Crippen LogP contribution in [0.25, 0.3) is 0 Å². The minimum atomic E-state index is 0.366. The van der Waals surface area contributed by atoms with Crippen molar-refractivity contribution in [3.63, 3.8) is 0 Å². The van der Waals surface area contributed by atoms with Gasteiger partial charge in [-0.3, -0.25) is 0 Å². The van der Waals surface area contributed by atoms with Crippen LogP contribution in [0.4, 0.5) is 0 Å². The van der Waals surface area contributed by atoms with Crippen LogP contribution in [0.3, 0.4) is 0 Å². The van der Waals surface area contributed by atoms with Gasteiger partial charge in [0.1, 0.15) is 0 Å². The molecule has 0 spiro atoms. The Morgan fingerprint density at radius 3 is 2.00 bits per heavy atom. The quantitative estimate of drug-likeness (QED) is 0.574. The van der Waals surface area contributed by atoms with Gasteiger partial charge in [-0.15, -0.1) is 0 Å². The Balaban J connectivity index is 3.34. The highest BCUT2D eigenvalue weighted by Gasteiger charge is 2.14. The minimum Gasteiger partial charge on any atom is -0.417 e. The van der Waals surface area contributed by atoms with Crippen LogP contribution < -0.4 is 0 Å². The molecule has 66 valence electrons. The molecule has 0 fully saturated rings. The van der Waals surface area contributed by atoms with Crippen molar-refractivity contribution in [2.45, 2.75) is 27.2 Å². The molecule has 0 amide bonds. The van der Waals surface area contributed by atoms with E-state index in [2.05, 4.69) is 20.8 Å². The molecule has 0 saturated heterocycles. The molecule has 0 N–H and O–H groups in total. The summed E-state index contributed by atoms with van der Waals surface area (Å²) in [4.78, 5) is 0. The van der Waals surface area contributed by atoms with Gasteiger partial charge in [0.2, 0.25) is 0 Å². The second kappa shape index (κ2) is 8.82. The van der Waals surface area contributed by atoms with Crippen molar-refractivity contribution >= 4 is 28.7 Å². The Morgan fingerprint density at radius 2 is 1.64 bits per heavy atom. The minimum absolute atomic E-state index is 0.366. The van der Waals surface area contributed by atoms with E-state index in [1.165, 1.54) is 0 Å². The van der Waals surface area contributed by atoms with Gasteiger partial charge in [0, 0.05) is 6.61 Å². The van der Waals surface area contributed by atoms with E-state index in [1.807, 2.05) is 23.2 Å². The molecule has 0 aromatic rings. The summed E-state index contributed by atoms with van der Waals surface area (Å²) in [6, 6.07) is 0. The average molecular weight is 192 g/mol. The van der Waals surface area contributed by atoms with Gasteiger partial charge in [0.25, 0.3) is 0 Å². The maximum atomic E-state index is 5.60. The highest BCUT2D eigenvalue weighted by Crippen LogP contribution is 2.19. The highest BCUT2D eigenvalue weighted by molar-refractivity contribution is 8.53. The topological polar surface area (TPSA) is 9.23 Å². The van der Waals surface area contributed by atoms with Crippen molar-refractivity contribution in [1.82, 2.24) is 0 Å². The van der Waals surface area contributed by atoms with Crippen LogP contribution in [0.15, 0.2) is 0 Å². The first-order valence-corrected chi connectivity index (χ1v) is 6.29. The summed E-state index contributed by atoms with van der Waals surface area (Å²) in [6.07, 6.45) is 1.12. The Hall–Kier alpha value is 0.725. The van der Waals surface area contributed by atoms with Crippen molar-refractivity contribution in [1.29, 1.82) is 0 Å². The van der Waals surface area contributed by atoms with E-state index >= 15 is 0 Å². The summed E-state index contributed by atoms with van der Waals surface area (Å²) in [7, 11) is 0. The van der Waals surface area contributed by atoms with Crippen molar-refractivity contribution < 1.29 is 4.65 Å². The molecule has 0 bridgehead atoms. The van der Waals surface area contributed by atoms with E-state index in [0.717, 1.165) is 24.5 Å². The predicted octanol–water partition coefficient (Wildman–Crippen LogP) is 2.90. The molecular weight excluding hydrogens is 175 g/mol. The summed E-state index contributed by atoms with van der Waals surface area (Å²) >= 11 is 3.76. The Morgan fingerprint density at radius 1 is 1.09 bits per heavy atom. The lowest BCUT2D eigenvalue weighted by atomic mass is 10.4. The van der Waals surface area contributed by atoms with E-state index in [1.54, 1.807) is 0 Å². The fraction of sp³-hybridized carbons (Fsp3) is 1.00. The fourth-order valence-corrected chi connectivity index (χ4v) is 2.76. The van der Waals surface area contributed by atoms with Crippen LogP contribution >= 0.6 is 23.2 Å². The summed E-state index contributed by atoms with van der Waals surface area (Å²) in [5.41, 5.74) is 0.366. The van der Waals surface area contributed by atoms with Crippen LogP contribution in [-0.2, 0) is 4.65 Å². The molecule has 0 rings (SSSR count). The lowest BCUT2D eigenvalue weighted by Gasteiger charge is -2.09. The van der Waals surface area contributed by atoms with E-state index in [9.17, 15) is 0 Å². The van der Waals surface area contributed by atoms with Gasteiger partial charge in [-0.05, 0) is 17.9 Å². The Labute approximate surface area is 78.9 Å². The fourth-order valence-electron chi connectivity index (χ4n) is 0.631. The second-order valence-corrected chi connectivity index (χ2v) is 5.05. The highest BCUT2D eigenvalue weighted by atomic mass is 32.2. The lowest BCUT2D eigenvalue weighted by Crippen LogP contribution is -2.11. The van der Waals surface area contributed by atoms with E-state index in [0.29, 0.717) is 5.47 Å². The molecular formula is C7H17BOS2. The third kappa shape index (κ3) is 7.10. The van der Waals surface area contributed by atoms with Gasteiger partial charge in [0.05, 0.1) is 0 Å². The first kappa shape index (κ1) is 11.7. The van der Waals surface area contributed by atoms with E-state index < -0.39 is 0 Å². The van der Waals surface area contributed by atoms with Gasteiger partial charge in [-0.1, -0.05) is 20.8 Å². The van der Waals surface area contributed by atoms with Gasteiger partial charge < -0.3 is 4.65 Å². The molecule has 0 aliphatic heterocycles. The molecule has 0 atom stereocenters. The van der Waals surface area contributed by atoms with Gasteiger partial charge in [0.15, 0.2) is 0 Å². The maximum absolute atomic E-state index is 5.60. The molecule has 0 aromatic carbocycles. The van der Waals surface area contributed by atoms with Crippen LogP contribution in [0.1, 0.15) is 27.2 Å². The average Bonchev–Trinajstić information content (AvgIpc) is 2.01. The first-order chi connectivity index (χ1) is 5.35. The van der Waals surface area contributed by atoms with Crippen LogP contribution in [0, 0.1) is 0 Å². The second-order valence-electron chi connectivity index (χ2n) is 2.07. The molecule has 11 heavy (non-hydrogen) atoms. The Bertz CT molecular complexity index is 76.8. The standard InChI is InChI=1S/C7H17BOS2/c1-4-7-9-8(10-5-2)11-6-3/h4-7H2,1-3H3. The summed E-state index contributed by atoms with van der Waals surface area (Å²) in [5, 5.41) is 0. The molecule has 4 heteroatoms.